The van der Waals surface area contributed by atoms with E-state index in [-0.39, 0.29) is 18.4 Å². The Balaban J connectivity index is 2.25. The molecule has 166 valence electrons. The van der Waals surface area contributed by atoms with Gasteiger partial charge in [-0.2, -0.15) is 0 Å². The Morgan fingerprint density at radius 2 is 1.33 bits per heavy atom. The van der Waals surface area contributed by atoms with Gasteiger partial charge in [0.05, 0.1) is 0 Å². The fourth-order valence-corrected chi connectivity index (χ4v) is 20.2. The van der Waals surface area contributed by atoms with Crippen LogP contribution in [0.15, 0.2) is 24.3 Å². The first-order valence-corrected chi connectivity index (χ1v) is 18.8. The zero-order valence-corrected chi connectivity index (χ0v) is 21.5. The second kappa shape index (κ2) is 11.4. The first-order valence-electron chi connectivity index (χ1n) is 11.4. The van der Waals surface area contributed by atoms with E-state index in [4.69, 9.17) is 4.84 Å². The molecular formula is C23H36NO5Sn+. The van der Waals surface area contributed by atoms with Crippen LogP contribution in [0.4, 0.5) is 0 Å². The van der Waals surface area contributed by atoms with E-state index in [1.54, 1.807) is 12.1 Å². The number of rotatable bonds is 12. The first-order chi connectivity index (χ1) is 14.3. The SMILES string of the molecule is CCC[CH2][Sn]([CH2]CCC)([CH2]CCC)[c]1ccc(C(=O)O[N+]2(O)C(=O)CCC2=O)cc1. The van der Waals surface area contributed by atoms with Gasteiger partial charge >= 0.3 is 184 Å². The summed E-state index contributed by atoms with van der Waals surface area (Å²) in [7, 11) is 0. The van der Waals surface area contributed by atoms with Gasteiger partial charge in [0, 0.05) is 0 Å². The van der Waals surface area contributed by atoms with Crippen LogP contribution in [-0.2, 0) is 14.4 Å². The van der Waals surface area contributed by atoms with Crippen molar-refractivity contribution in [1.29, 1.82) is 0 Å². The Morgan fingerprint density at radius 1 is 0.900 bits per heavy atom. The third kappa shape index (κ3) is 5.71. The van der Waals surface area contributed by atoms with E-state index in [2.05, 4.69) is 32.9 Å². The Morgan fingerprint density at radius 3 is 1.73 bits per heavy atom. The molecule has 1 aliphatic heterocycles. The molecular weight excluding hydrogens is 489 g/mol. The van der Waals surface area contributed by atoms with Crippen molar-refractivity contribution in [2.24, 2.45) is 0 Å². The average Bonchev–Trinajstić information content (AvgIpc) is 3.00. The summed E-state index contributed by atoms with van der Waals surface area (Å²) in [5, 5.41) is 10.1. The maximum absolute atomic E-state index is 12.5. The third-order valence-corrected chi connectivity index (χ3v) is 21.9. The number of imide groups is 1. The summed E-state index contributed by atoms with van der Waals surface area (Å²) in [4.78, 5) is 39.1. The number of amides is 2. The van der Waals surface area contributed by atoms with E-state index in [0.717, 1.165) is 0 Å². The summed E-state index contributed by atoms with van der Waals surface area (Å²) < 4.78 is 5.41. The number of quaternary nitrogens is 1. The molecule has 0 radical (unpaired) electrons. The molecule has 1 aromatic carbocycles. The van der Waals surface area contributed by atoms with Gasteiger partial charge in [-0.15, -0.1) is 0 Å². The number of unbranched alkanes of at least 4 members (excludes halogenated alkanes) is 3. The predicted octanol–water partition coefficient (Wildman–Crippen LogP) is 4.87. The van der Waals surface area contributed by atoms with Crippen molar-refractivity contribution in [2.75, 3.05) is 0 Å². The summed E-state index contributed by atoms with van der Waals surface area (Å²) in [6.45, 7) is 6.72. The van der Waals surface area contributed by atoms with Crippen LogP contribution >= 0.6 is 0 Å². The zero-order chi connectivity index (χ0) is 22.2. The van der Waals surface area contributed by atoms with Gasteiger partial charge in [0.2, 0.25) is 0 Å². The van der Waals surface area contributed by atoms with Crippen molar-refractivity contribution in [2.45, 2.75) is 85.4 Å². The summed E-state index contributed by atoms with van der Waals surface area (Å²) in [5.74, 6) is -2.47. The number of nitrogens with zero attached hydrogens (tertiary/aromatic N) is 1. The summed E-state index contributed by atoms with van der Waals surface area (Å²) in [5.41, 5.74) is 0.250. The number of hydrogen-bond acceptors (Lipinski definition) is 5. The molecule has 1 fully saturated rings. The molecule has 0 bridgehead atoms. The van der Waals surface area contributed by atoms with E-state index in [1.807, 2.05) is 0 Å². The van der Waals surface area contributed by atoms with E-state index >= 15 is 0 Å². The Kier molecular flexibility index (Phi) is 9.50. The molecule has 7 heteroatoms. The van der Waals surface area contributed by atoms with Crippen LogP contribution < -0.4 is 3.58 Å². The molecule has 2 rings (SSSR count). The zero-order valence-electron chi connectivity index (χ0n) is 18.6. The van der Waals surface area contributed by atoms with Crippen LogP contribution in [-0.4, -0.2) is 46.2 Å². The van der Waals surface area contributed by atoms with E-state index in [0.29, 0.717) is 0 Å². The van der Waals surface area contributed by atoms with Gasteiger partial charge in [-0.05, 0) is 0 Å². The predicted molar refractivity (Wildman–Crippen MR) is 118 cm³/mol. The molecule has 1 N–H and O–H groups in total. The van der Waals surface area contributed by atoms with E-state index in [9.17, 15) is 19.6 Å². The third-order valence-electron chi connectivity index (χ3n) is 6.20. The maximum atomic E-state index is 12.5. The Labute approximate surface area is 184 Å². The van der Waals surface area contributed by atoms with Gasteiger partial charge < -0.3 is 0 Å². The molecule has 1 aliphatic rings. The fourth-order valence-electron chi connectivity index (χ4n) is 4.24. The van der Waals surface area contributed by atoms with Crippen LogP contribution in [0.25, 0.3) is 0 Å². The first kappa shape index (κ1) is 25.0. The van der Waals surface area contributed by atoms with Crippen molar-refractivity contribution in [3.05, 3.63) is 29.8 Å². The Hall–Kier alpha value is -1.25. The van der Waals surface area contributed by atoms with E-state index in [1.165, 1.54) is 55.4 Å². The molecule has 0 aromatic heterocycles. The molecule has 1 heterocycles. The summed E-state index contributed by atoms with van der Waals surface area (Å²) in [6, 6.07) is 7.57. The van der Waals surface area contributed by atoms with Crippen LogP contribution in [0, 0.1) is 0 Å². The molecule has 0 aliphatic carbocycles. The monoisotopic (exact) mass is 526 g/mol. The minimum atomic E-state index is -2.59. The normalized spacial score (nSPS) is 16.1. The number of carbonyl (C=O) groups is 3. The van der Waals surface area contributed by atoms with Crippen molar-refractivity contribution < 1.29 is 29.2 Å². The van der Waals surface area contributed by atoms with Gasteiger partial charge in [0.1, 0.15) is 0 Å². The molecule has 6 nitrogen and oxygen atoms in total. The van der Waals surface area contributed by atoms with Crippen LogP contribution in [0.3, 0.4) is 0 Å². The van der Waals surface area contributed by atoms with Gasteiger partial charge in [-0.3, -0.25) is 0 Å². The quantitative estimate of drug-likeness (QED) is 0.182. The Bertz CT molecular complexity index is 709. The van der Waals surface area contributed by atoms with Crippen molar-refractivity contribution in [3.8, 4) is 0 Å². The van der Waals surface area contributed by atoms with Crippen molar-refractivity contribution >= 4 is 39.7 Å². The number of hydroxylamine groups is 4. The van der Waals surface area contributed by atoms with Crippen LogP contribution in [0.5, 0.6) is 0 Å². The molecule has 2 amide bonds. The molecule has 0 atom stereocenters. The standard InChI is InChI=1S/C11H9NO5.3C4H9.Sn/c13-9-6-7-10(14)12(9,16)17-11(15)8-4-2-1-3-5-8;3*1-3-4-2;/h2-5,16H,6-7H2;3*1,3-4H2,2H3;/q+1;;;;. The average molecular weight is 525 g/mol. The molecule has 0 spiro atoms. The summed E-state index contributed by atoms with van der Waals surface area (Å²) >= 11 is -2.59. The second-order valence-corrected chi connectivity index (χ2v) is 21.6. The topological polar surface area (TPSA) is 80.7 Å². The van der Waals surface area contributed by atoms with Crippen LogP contribution in [0.1, 0.15) is 82.5 Å². The van der Waals surface area contributed by atoms with Gasteiger partial charge in [0.15, 0.2) is 0 Å². The molecule has 1 aromatic rings. The fraction of sp³-hybridized carbons (Fsp3) is 0.609. The minimum absolute atomic E-state index is 0.120. The number of benzene rings is 1. The molecule has 0 unspecified atom stereocenters. The molecule has 0 saturated carbocycles. The summed E-state index contributed by atoms with van der Waals surface area (Å²) in [6.07, 6.45) is 7.10. The molecule has 30 heavy (non-hydrogen) atoms. The molecule has 1 saturated heterocycles. The van der Waals surface area contributed by atoms with Gasteiger partial charge in [-0.1, -0.05) is 0 Å². The van der Waals surface area contributed by atoms with Crippen molar-refractivity contribution in [1.82, 2.24) is 0 Å². The second-order valence-electron chi connectivity index (χ2n) is 8.41. The number of carbonyl (C=O) groups excluding carboxylic acids is 3. The van der Waals surface area contributed by atoms with Gasteiger partial charge in [0.25, 0.3) is 0 Å². The van der Waals surface area contributed by atoms with Gasteiger partial charge in [-0.25, -0.2) is 0 Å². The van der Waals surface area contributed by atoms with E-state index < -0.39 is 41.0 Å². The number of hydrogen-bond donors (Lipinski definition) is 1. The van der Waals surface area contributed by atoms with Crippen molar-refractivity contribution in [3.63, 3.8) is 0 Å². The van der Waals surface area contributed by atoms with Crippen LogP contribution in [0.2, 0.25) is 13.3 Å².